The molecule has 4 nitrogen and oxygen atoms in total. The SMILES string of the molecule is O=S(O)Cc1ccc(-c2noc(C(F)(F)F)c2-c2ccccc2)cc1. The van der Waals surface area contributed by atoms with Gasteiger partial charge in [0, 0.05) is 5.56 Å². The minimum Gasteiger partial charge on any atom is -0.350 e. The van der Waals surface area contributed by atoms with E-state index in [2.05, 4.69) is 9.68 Å². The summed E-state index contributed by atoms with van der Waals surface area (Å²) < 4.78 is 64.2. The van der Waals surface area contributed by atoms with Crippen molar-refractivity contribution in [1.82, 2.24) is 5.16 Å². The van der Waals surface area contributed by atoms with Gasteiger partial charge in [0.15, 0.2) is 11.1 Å². The molecule has 8 heteroatoms. The van der Waals surface area contributed by atoms with Crippen LogP contribution in [0.5, 0.6) is 0 Å². The standard InChI is InChI=1S/C17H12F3NO3S/c18-17(19,20)16-14(12-4-2-1-3-5-12)15(21-24-16)13-8-6-11(7-9-13)10-25(22)23/h1-9H,10H2,(H,22,23). The summed E-state index contributed by atoms with van der Waals surface area (Å²) in [5.74, 6) is -1.22. The molecule has 3 rings (SSSR count). The van der Waals surface area contributed by atoms with Crippen LogP contribution in [0.1, 0.15) is 11.3 Å². The van der Waals surface area contributed by atoms with Crippen LogP contribution in [0.15, 0.2) is 59.1 Å². The zero-order valence-corrected chi connectivity index (χ0v) is 13.5. The highest BCUT2D eigenvalue weighted by Gasteiger charge is 2.41. The highest BCUT2D eigenvalue weighted by atomic mass is 32.2. The smallest absolute Gasteiger partial charge is 0.350 e. The van der Waals surface area contributed by atoms with Crippen molar-refractivity contribution in [3.05, 3.63) is 65.9 Å². The third-order valence-corrected chi connectivity index (χ3v) is 4.11. The van der Waals surface area contributed by atoms with Crippen molar-refractivity contribution in [2.75, 3.05) is 0 Å². The summed E-state index contributed by atoms with van der Waals surface area (Å²) in [6, 6.07) is 14.3. The quantitative estimate of drug-likeness (QED) is 0.676. The molecule has 1 unspecified atom stereocenters. The van der Waals surface area contributed by atoms with Crippen LogP contribution in [-0.4, -0.2) is 13.9 Å². The number of nitrogens with zero attached hydrogens (tertiary/aromatic N) is 1. The Hall–Kier alpha value is -2.45. The zero-order chi connectivity index (χ0) is 18.0. The minimum atomic E-state index is -4.68. The molecule has 0 aliphatic heterocycles. The van der Waals surface area contributed by atoms with E-state index in [0.29, 0.717) is 16.7 Å². The molecule has 1 aromatic heterocycles. The molecule has 1 atom stereocenters. The van der Waals surface area contributed by atoms with Crippen molar-refractivity contribution in [2.24, 2.45) is 0 Å². The summed E-state index contributed by atoms with van der Waals surface area (Å²) in [6.07, 6.45) is -4.68. The summed E-state index contributed by atoms with van der Waals surface area (Å²) in [6.45, 7) is 0. The Balaban J connectivity index is 2.11. The predicted molar refractivity (Wildman–Crippen MR) is 86.9 cm³/mol. The molecule has 25 heavy (non-hydrogen) atoms. The first-order valence-electron chi connectivity index (χ1n) is 7.15. The lowest BCUT2D eigenvalue weighted by Gasteiger charge is -2.07. The summed E-state index contributed by atoms with van der Waals surface area (Å²) in [5.41, 5.74) is 1.28. The van der Waals surface area contributed by atoms with Gasteiger partial charge in [0.2, 0.25) is 5.76 Å². The first kappa shape index (κ1) is 17.4. The fraction of sp³-hybridized carbons (Fsp3) is 0.118. The van der Waals surface area contributed by atoms with Gasteiger partial charge < -0.3 is 9.08 Å². The summed E-state index contributed by atoms with van der Waals surface area (Å²) in [7, 11) is 0. The molecule has 0 fully saturated rings. The Morgan fingerprint density at radius 3 is 2.20 bits per heavy atom. The number of hydrogen-bond donors (Lipinski definition) is 1. The zero-order valence-electron chi connectivity index (χ0n) is 12.7. The van der Waals surface area contributed by atoms with Crippen molar-refractivity contribution in [2.45, 2.75) is 11.9 Å². The van der Waals surface area contributed by atoms with E-state index in [-0.39, 0.29) is 17.0 Å². The first-order chi connectivity index (χ1) is 11.9. The number of aromatic nitrogens is 1. The van der Waals surface area contributed by atoms with E-state index < -0.39 is 23.0 Å². The maximum absolute atomic E-state index is 13.3. The molecule has 0 spiro atoms. The lowest BCUT2D eigenvalue weighted by Crippen LogP contribution is -2.05. The van der Waals surface area contributed by atoms with E-state index in [1.165, 1.54) is 0 Å². The fourth-order valence-electron chi connectivity index (χ4n) is 2.45. The van der Waals surface area contributed by atoms with Gasteiger partial charge in [-0.05, 0) is 11.1 Å². The molecule has 1 heterocycles. The van der Waals surface area contributed by atoms with Crippen LogP contribution in [0.25, 0.3) is 22.4 Å². The molecule has 0 amide bonds. The van der Waals surface area contributed by atoms with E-state index in [1.807, 2.05) is 0 Å². The van der Waals surface area contributed by atoms with Crippen molar-refractivity contribution in [3.8, 4) is 22.4 Å². The average molecular weight is 367 g/mol. The molecule has 0 saturated carbocycles. The van der Waals surface area contributed by atoms with E-state index in [1.54, 1.807) is 54.6 Å². The van der Waals surface area contributed by atoms with E-state index in [4.69, 9.17) is 4.55 Å². The van der Waals surface area contributed by atoms with E-state index in [9.17, 15) is 17.4 Å². The Morgan fingerprint density at radius 2 is 1.64 bits per heavy atom. The van der Waals surface area contributed by atoms with E-state index >= 15 is 0 Å². The second-order valence-electron chi connectivity index (χ2n) is 5.26. The van der Waals surface area contributed by atoms with Crippen LogP contribution in [-0.2, 0) is 23.0 Å². The molecule has 0 aliphatic carbocycles. The van der Waals surface area contributed by atoms with Gasteiger partial charge in [-0.1, -0.05) is 59.8 Å². The molecule has 2 aromatic carbocycles. The first-order valence-corrected chi connectivity index (χ1v) is 8.43. The third kappa shape index (κ3) is 3.80. The van der Waals surface area contributed by atoms with Crippen molar-refractivity contribution in [3.63, 3.8) is 0 Å². The third-order valence-electron chi connectivity index (χ3n) is 3.53. The van der Waals surface area contributed by atoms with Gasteiger partial charge in [-0.25, -0.2) is 4.21 Å². The molecule has 0 aliphatic rings. The number of hydrogen-bond acceptors (Lipinski definition) is 3. The number of rotatable bonds is 4. The summed E-state index contributed by atoms with van der Waals surface area (Å²) >= 11 is -1.99. The highest BCUT2D eigenvalue weighted by Crippen LogP contribution is 2.42. The molecule has 0 saturated heterocycles. The van der Waals surface area contributed by atoms with Gasteiger partial charge in [-0.2, -0.15) is 13.2 Å². The van der Waals surface area contributed by atoms with Crippen LogP contribution in [0, 0.1) is 0 Å². The van der Waals surface area contributed by atoms with Crippen LogP contribution < -0.4 is 0 Å². The summed E-state index contributed by atoms with van der Waals surface area (Å²) in [5, 5.41) is 3.62. The van der Waals surface area contributed by atoms with Gasteiger partial charge in [-0.3, -0.25) is 0 Å². The van der Waals surface area contributed by atoms with E-state index in [0.717, 1.165) is 0 Å². The Kier molecular flexibility index (Phi) is 4.73. The molecular weight excluding hydrogens is 355 g/mol. The molecular formula is C17H12F3NO3S. The highest BCUT2D eigenvalue weighted by molar-refractivity contribution is 7.78. The van der Waals surface area contributed by atoms with Crippen LogP contribution in [0.4, 0.5) is 13.2 Å². The van der Waals surface area contributed by atoms with Gasteiger partial charge in [-0.15, -0.1) is 0 Å². The monoisotopic (exact) mass is 367 g/mol. The van der Waals surface area contributed by atoms with Crippen LogP contribution in [0.3, 0.4) is 0 Å². The summed E-state index contributed by atoms with van der Waals surface area (Å²) in [4.78, 5) is 0. The lowest BCUT2D eigenvalue weighted by atomic mass is 9.98. The normalized spacial score (nSPS) is 13.0. The Labute approximate surface area is 143 Å². The second kappa shape index (κ2) is 6.81. The van der Waals surface area contributed by atoms with Gasteiger partial charge >= 0.3 is 6.18 Å². The van der Waals surface area contributed by atoms with Crippen molar-refractivity contribution >= 4 is 11.1 Å². The van der Waals surface area contributed by atoms with Gasteiger partial charge in [0.1, 0.15) is 5.69 Å². The maximum Gasteiger partial charge on any atom is 0.453 e. The molecule has 0 bridgehead atoms. The largest absolute Gasteiger partial charge is 0.453 e. The predicted octanol–water partition coefficient (Wildman–Crippen LogP) is 4.75. The van der Waals surface area contributed by atoms with Crippen molar-refractivity contribution in [1.29, 1.82) is 0 Å². The Morgan fingerprint density at radius 1 is 1.00 bits per heavy atom. The van der Waals surface area contributed by atoms with Gasteiger partial charge in [0.25, 0.3) is 0 Å². The molecule has 0 radical (unpaired) electrons. The van der Waals surface area contributed by atoms with Crippen molar-refractivity contribution < 1.29 is 26.5 Å². The molecule has 1 N–H and O–H groups in total. The number of benzene rings is 2. The van der Waals surface area contributed by atoms with Crippen LogP contribution in [0.2, 0.25) is 0 Å². The number of alkyl halides is 3. The topological polar surface area (TPSA) is 63.3 Å². The average Bonchev–Trinajstić information content (AvgIpc) is 3.01. The fourth-order valence-corrected chi connectivity index (χ4v) is 2.93. The molecule has 130 valence electrons. The lowest BCUT2D eigenvalue weighted by molar-refractivity contribution is -0.154. The minimum absolute atomic E-state index is 0.0571. The second-order valence-corrected chi connectivity index (χ2v) is 6.19. The van der Waals surface area contributed by atoms with Crippen LogP contribution >= 0.6 is 0 Å². The maximum atomic E-state index is 13.3. The van der Waals surface area contributed by atoms with Gasteiger partial charge in [0.05, 0.1) is 11.3 Å². The molecule has 3 aromatic rings. The number of halogens is 3. The Bertz CT molecular complexity index is 890.